The van der Waals surface area contributed by atoms with Gasteiger partial charge in [-0.25, -0.2) is 8.78 Å². The molecule has 0 saturated heterocycles. The van der Waals surface area contributed by atoms with Gasteiger partial charge in [0, 0.05) is 17.2 Å². The number of carboxylic acids is 1. The highest BCUT2D eigenvalue weighted by molar-refractivity contribution is 5.76. The van der Waals surface area contributed by atoms with Crippen molar-refractivity contribution < 1.29 is 36.6 Å². The molecule has 0 amide bonds. The molecule has 3 N–H and O–H groups in total. The Hall–Kier alpha value is -2.68. The summed E-state index contributed by atoms with van der Waals surface area (Å²) in [6.45, 7) is 3.16. The maximum atomic E-state index is 15.3. The summed E-state index contributed by atoms with van der Waals surface area (Å²) in [7, 11) is 0. The van der Waals surface area contributed by atoms with E-state index in [1.54, 1.807) is 26.0 Å². The van der Waals surface area contributed by atoms with Gasteiger partial charge in [0.2, 0.25) is 0 Å². The molecule has 1 unspecified atom stereocenters. The SMILES string of the molecule is Cc1ccc(OC2CC2)c(C)c1-c1cc(C(F)(F)F)c(F)c(C(N)CC(=O)O)c1F. The van der Waals surface area contributed by atoms with Crippen LogP contribution in [0.3, 0.4) is 0 Å². The number of benzene rings is 2. The molecule has 1 aliphatic carbocycles. The van der Waals surface area contributed by atoms with Crippen molar-refractivity contribution in [2.45, 2.75) is 51.4 Å². The van der Waals surface area contributed by atoms with E-state index in [-0.39, 0.29) is 11.7 Å². The van der Waals surface area contributed by atoms with Gasteiger partial charge in [0.05, 0.1) is 18.1 Å². The van der Waals surface area contributed by atoms with E-state index in [1.807, 2.05) is 0 Å². The van der Waals surface area contributed by atoms with Crippen molar-refractivity contribution in [3.05, 3.63) is 52.1 Å². The Morgan fingerprint density at radius 1 is 1.23 bits per heavy atom. The van der Waals surface area contributed by atoms with Crippen molar-refractivity contribution >= 4 is 5.97 Å². The monoisotopic (exact) mass is 429 g/mol. The molecular formula is C21H20F5NO3. The second-order valence-electron chi connectivity index (χ2n) is 7.41. The topological polar surface area (TPSA) is 72.5 Å². The first-order chi connectivity index (χ1) is 13.9. The summed E-state index contributed by atoms with van der Waals surface area (Å²) in [5, 5.41) is 8.89. The highest BCUT2D eigenvalue weighted by Crippen LogP contribution is 2.43. The molecule has 0 spiro atoms. The fraction of sp³-hybridized carbons (Fsp3) is 0.381. The molecule has 0 aromatic heterocycles. The summed E-state index contributed by atoms with van der Waals surface area (Å²) in [5.74, 6) is -4.32. The maximum Gasteiger partial charge on any atom is 0.419 e. The van der Waals surface area contributed by atoms with E-state index >= 15 is 4.39 Å². The summed E-state index contributed by atoms with van der Waals surface area (Å²) in [4.78, 5) is 10.9. The number of hydrogen-bond donors (Lipinski definition) is 2. The molecule has 2 aromatic carbocycles. The number of carbonyl (C=O) groups is 1. The molecule has 0 heterocycles. The van der Waals surface area contributed by atoms with Crippen molar-refractivity contribution in [3.63, 3.8) is 0 Å². The van der Waals surface area contributed by atoms with Gasteiger partial charge in [-0.2, -0.15) is 13.2 Å². The van der Waals surface area contributed by atoms with Gasteiger partial charge in [-0.05, 0) is 55.5 Å². The lowest BCUT2D eigenvalue weighted by Crippen LogP contribution is -2.21. The number of halogens is 5. The minimum Gasteiger partial charge on any atom is -0.490 e. The van der Waals surface area contributed by atoms with Gasteiger partial charge in [-0.1, -0.05) is 6.07 Å². The second kappa shape index (κ2) is 7.86. The number of alkyl halides is 3. The number of ether oxygens (including phenoxy) is 1. The number of nitrogens with two attached hydrogens (primary N) is 1. The molecule has 2 aromatic rings. The number of carboxylic acid groups (broad SMARTS) is 1. The molecule has 0 bridgehead atoms. The van der Waals surface area contributed by atoms with Crippen LogP contribution < -0.4 is 10.5 Å². The van der Waals surface area contributed by atoms with E-state index in [0.717, 1.165) is 12.8 Å². The smallest absolute Gasteiger partial charge is 0.419 e. The number of rotatable bonds is 6. The Morgan fingerprint density at radius 2 is 1.87 bits per heavy atom. The van der Waals surface area contributed by atoms with Crippen LogP contribution in [0.5, 0.6) is 5.75 Å². The highest BCUT2D eigenvalue weighted by Gasteiger charge is 2.39. The van der Waals surface area contributed by atoms with Gasteiger partial charge in [0.15, 0.2) is 0 Å². The molecule has 1 saturated carbocycles. The lowest BCUT2D eigenvalue weighted by Gasteiger charge is -2.21. The highest BCUT2D eigenvalue weighted by atomic mass is 19.4. The van der Waals surface area contributed by atoms with Crippen LogP contribution in [-0.2, 0) is 11.0 Å². The average molecular weight is 429 g/mol. The molecule has 1 fully saturated rings. The zero-order chi connectivity index (χ0) is 22.4. The van der Waals surface area contributed by atoms with Gasteiger partial charge in [0.25, 0.3) is 0 Å². The van der Waals surface area contributed by atoms with Crippen molar-refractivity contribution in [3.8, 4) is 16.9 Å². The Bertz CT molecular complexity index is 999. The first-order valence-electron chi connectivity index (χ1n) is 9.25. The molecular weight excluding hydrogens is 409 g/mol. The number of aryl methyl sites for hydroxylation is 1. The van der Waals surface area contributed by atoms with Crippen molar-refractivity contribution in [2.75, 3.05) is 0 Å². The summed E-state index contributed by atoms with van der Waals surface area (Å²) in [5.41, 5.74) is 3.25. The predicted molar refractivity (Wildman–Crippen MR) is 99.1 cm³/mol. The molecule has 1 atom stereocenters. The number of aliphatic carboxylic acids is 1. The molecule has 1 aliphatic rings. The lowest BCUT2D eigenvalue weighted by atomic mass is 9.89. The second-order valence-corrected chi connectivity index (χ2v) is 7.41. The zero-order valence-electron chi connectivity index (χ0n) is 16.2. The molecule has 162 valence electrons. The van der Waals surface area contributed by atoms with Crippen LogP contribution >= 0.6 is 0 Å². The van der Waals surface area contributed by atoms with Gasteiger partial charge in [0.1, 0.15) is 17.4 Å². The molecule has 9 heteroatoms. The normalized spacial score (nSPS) is 15.2. The van der Waals surface area contributed by atoms with E-state index in [4.69, 9.17) is 15.6 Å². The fourth-order valence-electron chi connectivity index (χ4n) is 3.40. The summed E-state index contributed by atoms with van der Waals surface area (Å²) in [6.07, 6.45) is -4.37. The van der Waals surface area contributed by atoms with Crippen LogP contribution in [0.25, 0.3) is 11.1 Å². The molecule has 0 aliphatic heterocycles. The minimum absolute atomic E-state index is 0.00241. The maximum absolute atomic E-state index is 15.3. The lowest BCUT2D eigenvalue weighted by molar-refractivity contribution is -0.140. The number of hydrogen-bond acceptors (Lipinski definition) is 3. The van der Waals surface area contributed by atoms with E-state index < -0.39 is 52.9 Å². The van der Waals surface area contributed by atoms with Crippen molar-refractivity contribution in [1.29, 1.82) is 0 Å². The summed E-state index contributed by atoms with van der Waals surface area (Å²) in [6, 6.07) is 1.83. The quantitative estimate of drug-likeness (QED) is 0.613. The Labute approximate surface area is 169 Å². The van der Waals surface area contributed by atoms with Crippen molar-refractivity contribution in [1.82, 2.24) is 0 Å². The Kier molecular flexibility index (Phi) is 5.77. The Morgan fingerprint density at radius 3 is 2.40 bits per heavy atom. The van der Waals surface area contributed by atoms with Crippen molar-refractivity contribution in [2.24, 2.45) is 5.73 Å². The van der Waals surface area contributed by atoms with Gasteiger partial charge in [-0.3, -0.25) is 4.79 Å². The minimum atomic E-state index is -5.13. The van der Waals surface area contributed by atoms with Gasteiger partial charge in [-0.15, -0.1) is 0 Å². The predicted octanol–water partition coefficient (Wildman–Crippen LogP) is 5.28. The van der Waals surface area contributed by atoms with E-state index in [9.17, 15) is 22.4 Å². The van der Waals surface area contributed by atoms with E-state index in [1.165, 1.54) is 0 Å². The van der Waals surface area contributed by atoms with E-state index in [0.29, 0.717) is 22.9 Å². The van der Waals surface area contributed by atoms with E-state index in [2.05, 4.69) is 0 Å². The molecule has 30 heavy (non-hydrogen) atoms. The molecule has 4 nitrogen and oxygen atoms in total. The first kappa shape index (κ1) is 22.0. The Balaban J connectivity index is 2.28. The standard InChI is InChI=1S/C21H20F5NO3/c1-9-3-6-15(30-11-4-5-11)10(2)17(9)12-7-13(21(24,25)26)20(23)18(19(12)22)14(27)8-16(28)29/h3,6-7,11,14H,4-5,8,27H2,1-2H3,(H,28,29). The molecule has 0 radical (unpaired) electrons. The fourth-order valence-corrected chi connectivity index (χ4v) is 3.40. The average Bonchev–Trinajstić information content (AvgIpc) is 3.41. The van der Waals surface area contributed by atoms with Crippen LogP contribution in [0.15, 0.2) is 18.2 Å². The van der Waals surface area contributed by atoms with Gasteiger partial charge < -0.3 is 15.6 Å². The van der Waals surface area contributed by atoms with Crippen LogP contribution in [-0.4, -0.2) is 17.2 Å². The third kappa shape index (κ3) is 4.26. The summed E-state index contributed by atoms with van der Waals surface area (Å²) < 4.78 is 76.2. The third-order valence-electron chi connectivity index (χ3n) is 5.02. The largest absolute Gasteiger partial charge is 0.490 e. The van der Waals surface area contributed by atoms with Crippen LogP contribution in [0.2, 0.25) is 0 Å². The zero-order valence-corrected chi connectivity index (χ0v) is 16.2. The first-order valence-corrected chi connectivity index (χ1v) is 9.25. The third-order valence-corrected chi connectivity index (χ3v) is 5.02. The van der Waals surface area contributed by atoms with Gasteiger partial charge >= 0.3 is 12.1 Å². The molecule has 3 rings (SSSR count). The van der Waals surface area contributed by atoms with Crippen LogP contribution in [0.4, 0.5) is 22.0 Å². The summed E-state index contributed by atoms with van der Waals surface area (Å²) >= 11 is 0. The van der Waals surface area contributed by atoms with Crippen LogP contribution in [0, 0.1) is 25.5 Å². The van der Waals surface area contributed by atoms with Crippen LogP contribution in [0.1, 0.15) is 47.6 Å².